The van der Waals surface area contributed by atoms with E-state index in [0.717, 1.165) is 24.5 Å². The fourth-order valence-corrected chi connectivity index (χ4v) is 2.97. The summed E-state index contributed by atoms with van der Waals surface area (Å²) in [5.41, 5.74) is 2.11. The molecule has 1 aromatic carbocycles. The number of aliphatic hydroxyl groups excluding tert-OH is 1. The highest BCUT2D eigenvalue weighted by atomic mass is 16.5. The molecule has 2 N–H and O–H groups in total. The fourth-order valence-electron chi connectivity index (χ4n) is 2.97. The number of aromatic nitrogens is 4. The van der Waals surface area contributed by atoms with Crippen LogP contribution < -0.4 is 4.90 Å². The van der Waals surface area contributed by atoms with Crippen LogP contribution in [0.25, 0.3) is 22.6 Å². The monoisotopic (exact) mass is 341 g/mol. The summed E-state index contributed by atoms with van der Waals surface area (Å²) in [6.45, 7) is 3.17. The predicted molar refractivity (Wildman–Crippen MR) is 92.5 cm³/mol. The van der Waals surface area contributed by atoms with Gasteiger partial charge in [-0.3, -0.25) is 0 Å². The standard InChI is InChI=1S/C17H19N5O3/c23-7-4-22-11-18-14-16(21-5-8-25-9-6-21)19-15(20-17(14)22)12-2-1-3-13(24)10-12/h1-3,10-11,23-24H,4-9H2. The first-order chi connectivity index (χ1) is 12.3. The van der Waals surface area contributed by atoms with Crippen molar-refractivity contribution in [2.24, 2.45) is 0 Å². The Bertz CT molecular complexity index is 889. The summed E-state index contributed by atoms with van der Waals surface area (Å²) in [6, 6.07) is 6.87. The number of ether oxygens (including phenoxy) is 1. The molecule has 1 aliphatic rings. The Morgan fingerprint density at radius 1 is 1.16 bits per heavy atom. The van der Waals surface area contributed by atoms with Gasteiger partial charge >= 0.3 is 0 Å². The van der Waals surface area contributed by atoms with Crippen LogP contribution in [-0.2, 0) is 11.3 Å². The molecule has 3 heterocycles. The third-order valence-corrected chi connectivity index (χ3v) is 4.20. The second-order valence-electron chi connectivity index (χ2n) is 5.85. The smallest absolute Gasteiger partial charge is 0.166 e. The molecule has 2 aromatic heterocycles. The Balaban J connectivity index is 1.89. The number of benzene rings is 1. The molecule has 130 valence electrons. The van der Waals surface area contributed by atoms with Crippen LogP contribution in [0.1, 0.15) is 0 Å². The van der Waals surface area contributed by atoms with Crippen LogP contribution in [0.4, 0.5) is 5.82 Å². The Hall–Kier alpha value is -2.71. The van der Waals surface area contributed by atoms with E-state index < -0.39 is 0 Å². The number of phenols is 1. The maximum Gasteiger partial charge on any atom is 0.166 e. The molecule has 8 heteroatoms. The van der Waals surface area contributed by atoms with Gasteiger partial charge in [0, 0.05) is 25.2 Å². The fraction of sp³-hybridized carbons (Fsp3) is 0.353. The number of hydrogen-bond acceptors (Lipinski definition) is 7. The lowest BCUT2D eigenvalue weighted by Crippen LogP contribution is -2.37. The van der Waals surface area contributed by atoms with E-state index in [9.17, 15) is 10.2 Å². The lowest BCUT2D eigenvalue weighted by atomic mass is 10.2. The molecule has 0 unspecified atom stereocenters. The van der Waals surface area contributed by atoms with Crippen molar-refractivity contribution in [3.05, 3.63) is 30.6 Å². The molecule has 0 atom stereocenters. The minimum absolute atomic E-state index is 0.00378. The van der Waals surface area contributed by atoms with Crippen molar-refractivity contribution < 1.29 is 14.9 Å². The second-order valence-corrected chi connectivity index (χ2v) is 5.85. The summed E-state index contributed by atoms with van der Waals surface area (Å²) in [5, 5.41) is 19.1. The van der Waals surface area contributed by atoms with Crippen LogP contribution in [0, 0.1) is 0 Å². The van der Waals surface area contributed by atoms with Gasteiger partial charge in [-0.25, -0.2) is 15.0 Å². The molecule has 0 bridgehead atoms. The molecular weight excluding hydrogens is 322 g/mol. The van der Waals surface area contributed by atoms with Gasteiger partial charge in [-0.2, -0.15) is 0 Å². The van der Waals surface area contributed by atoms with Crippen LogP contribution in [0.3, 0.4) is 0 Å². The van der Waals surface area contributed by atoms with Gasteiger partial charge in [0.15, 0.2) is 22.8 Å². The summed E-state index contributed by atoms with van der Waals surface area (Å²) in [6.07, 6.45) is 1.67. The molecule has 1 fully saturated rings. The number of fused-ring (bicyclic) bond motifs is 1. The average Bonchev–Trinajstić information content (AvgIpc) is 3.05. The van der Waals surface area contributed by atoms with E-state index in [0.29, 0.717) is 36.7 Å². The zero-order chi connectivity index (χ0) is 17.2. The Kier molecular flexibility index (Phi) is 4.21. The van der Waals surface area contributed by atoms with E-state index in [1.165, 1.54) is 0 Å². The van der Waals surface area contributed by atoms with Crippen LogP contribution in [0.2, 0.25) is 0 Å². The van der Waals surface area contributed by atoms with Gasteiger partial charge in [0.25, 0.3) is 0 Å². The first-order valence-corrected chi connectivity index (χ1v) is 8.22. The lowest BCUT2D eigenvalue weighted by Gasteiger charge is -2.28. The molecule has 0 aliphatic carbocycles. The normalized spacial score (nSPS) is 15.0. The lowest BCUT2D eigenvalue weighted by molar-refractivity contribution is 0.122. The summed E-state index contributed by atoms with van der Waals surface area (Å²) in [7, 11) is 0. The molecule has 1 saturated heterocycles. The minimum atomic E-state index is 0.00378. The summed E-state index contributed by atoms with van der Waals surface area (Å²) in [5.74, 6) is 1.44. The van der Waals surface area contributed by atoms with Crippen molar-refractivity contribution in [1.29, 1.82) is 0 Å². The molecule has 8 nitrogen and oxygen atoms in total. The van der Waals surface area contributed by atoms with Gasteiger partial charge in [-0.15, -0.1) is 0 Å². The average molecular weight is 341 g/mol. The van der Waals surface area contributed by atoms with Gasteiger partial charge in [0.1, 0.15) is 5.75 Å². The summed E-state index contributed by atoms with van der Waals surface area (Å²) < 4.78 is 7.24. The molecule has 0 spiro atoms. The third-order valence-electron chi connectivity index (χ3n) is 4.20. The molecule has 0 radical (unpaired) electrons. The van der Waals surface area contributed by atoms with E-state index in [-0.39, 0.29) is 12.4 Å². The number of phenolic OH excluding ortho intramolecular Hbond substituents is 1. The number of aromatic hydroxyl groups is 1. The molecule has 0 saturated carbocycles. The number of nitrogens with zero attached hydrogens (tertiary/aromatic N) is 5. The molecule has 3 aromatic rings. The largest absolute Gasteiger partial charge is 0.508 e. The number of rotatable bonds is 4. The first kappa shape index (κ1) is 15.8. The summed E-state index contributed by atoms with van der Waals surface area (Å²) >= 11 is 0. The van der Waals surface area contributed by atoms with E-state index >= 15 is 0 Å². The highest BCUT2D eigenvalue weighted by Crippen LogP contribution is 2.28. The van der Waals surface area contributed by atoms with Gasteiger partial charge in [0.05, 0.1) is 26.1 Å². The van der Waals surface area contributed by atoms with Crippen molar-refractivity contribution in [3.8, 4) is 17.1 Å². The van der Waals surface area contributed by atoms with Crippen molar-refractivity contribution in [2.45, 2.75) is 6.54 Å². The summed E-state index contributed by atoms with van der Waals surface area (Å²) in [4.78, 5) is 15.9. The number of aliphatic hydroxyl groups is 1. The van der Waals surface area contributed by atoms with Crippen molar-refractivity contribution in [1.82, 2.24) is 19.5 Å². The van der Waals surface area contributed by atoms with Crippen LogP contribution in [0.5, 0.6) is 5.75 Å². The second kappa shape index (κ2) is 6.66. The zero-order valence-electron chi connectivity index (χ0n) is 13.7. The van der Waals surface area contributed by atoms with Crippen LogP contribution in [0.15, 0.2) is 30.6 Å². The molecule has 1 aliphatic heterocycles. The van der Waals surface area contributed by atoms with E-state index in [2.05, 4.69) is 14.9 Å². The van der Waals surface area contributed by atoms with Gasteiger partial charge in [-0.05, 0) is 12.1 Å². The maximum atomic E-state index is 9.77. The Morgan fingerprint density at radius 2 is 2.00 bits per heavy atom. The number of anilines is 1. The van der Waals surface area contributed by atoms with E-state index in [4.69, 9.17) is 9.72 Å². The molecule has 0 amide bonds. The van der Waals surface area contributed by atoms with E-state index in [1.807, 2.05) is 10.6 Å². The SMILES string of the molecule is OCCn1cnc2c(N3CCOCC3)nc(-c3cccc(O)c3)nc21. The number of morpholine rings is 1. The highest BCUT2D eigenvalue weighted by molar-refractivity contribution is 5.86. The number of imidazole rings is 1. The third kappa shape index (κ3) is 3.01. The Morgan fingerprint density at radius 3 is 2.76 bits per heavy atom. The van der Waals surface area contributed by atoms with Crippen molar-refractivity contribution >= 4 is 17.0 Å². The van der Waals surface area contributed by atoms with Crippen LogP contribution >= 0.6 is 0 Å². The molecule has 4 rings (SSSR count). The zero-order valence-corrected chi connectivity index (χ0v) is 13.7. The first-order valence-electron chi connectivity index (χ1n) is 8.22. The Labute approximate surface area is 144 Å². The van der Waals surface area contributed by atoms with Gasteiger partial charge < -0.3 is 24.4 Å². The quantitative estimate of drug-likeness (QED) is 0.731. The van der Waals surface area contributed by atoms with E-state index in [1.54, 1.807) is 24.5 Å². The molecular formula is C17H19N5O3. The topological polar surface area (TPSA) is 96.5 Å². The van der Waals surface area contributed by atoms with Gasteiger partial charge in [0.2, 0.25) is 0 Å². The van der Waals surface area contributed by atoms with Crippen LogP contribution in [-0.4, -0.2) is 62.6 Å². The van der Waals surface area contributed by atoms with Crippen molar-refractivity contribution in [3.63, 3.8) is 0 Å². The van der Waals surface area contributed by atoms with Gasteiger partial charge in [-0.1, -0.05) is 12.1 Å². The number of hydrogen-bond donors (Lipinski definition) is 2. The highest BCUT2D eigenvalue weighted by Gasteiger charge is 2.21. The van der Waals surface area contributed by atoms with Crippen molar-refractivity contribution in [2.75, 3.05) is 37.8 Å². The minimum Gasteiger partial charge on any atom is -0.508 e. The predicted octanol–water partition coefficient (Wildman–Crippen LogP) is 1.03. The maximum absolute atomic E-state index is 9.77. The molecule has 25 heavy (non-hydrogen) atoms.